The fourth-order valence-corrected chi connectivity index (χ4v) is 5.39. The molecule has 1 N–H and O–H groups in total. The van der Waals surface area contributed by atoms with Gasteiger partial charge < -0.3 is 14.5 Å². The lowest BCUT2D eigenvalue weighted by atomic mass is 9.94. The van der Waals surface area contributed by atoms with Gasteiger partial charge in [0.1, 0.15) is 6.04 Å². The molecular formula is C24H32N6O3. The summed E-state index contributed by atoms with van der Waals surface area (Å²) >= 11 is 0. The highest BCUT2D eigenvalue weighted by Gasteiger charge is 2.33. The maximum absolute atomic E-state index is 13.4. The first-order chi connectivity index (χ1) is 16.2. The van der Waals surface area contributed by atoms with Crippen molar-refractivity contribution in [1.82, 2.24) is 30.1 Å². The number of hydrogen-bond acceptors (Lipinski definition) is 7. The molecule has 2 aliphatic rings. The predicted molar refractivity (Wildman–Crippen MR) is 125 cm³/mol. The molecule has 3 heterocycles. The van der Waals surface area contributed by atoms with E-state index in [-0.39, 0.29) is 11.6 Å². The highest BCUT2D eigenvalue weighted by Crippen LogP contribution is 2.36. The van der Waals surface area contributed by atoms with Gasteiger partial charge in [-0.05, 0) is 61.3 Å². The minimum Gasteiger partial charge on any atom is -0.493 e. The number of fused-ring (bicyclic) bond motifs is 1. The Morgan fingerprint density at radius 2 is 1.67 bits per heavy atom. The van der Waals surface area contributed by atoms with Crippen LogP contribution in [0.1, 0.15) is 74.8 Å². The molecule has 3 aromatic rings. The third-order valence-electron chi connectivity index (χ3n) is 7.11. The highest BCUT2D eigenvalue weighted by atomic mass is 16.5. The van der Waals surface area contributed by atoms with Gasteiger partial charge in [-0.1, -0.05) is 25.7 Å². The van der Waals surface area contributed by atoms with Crippen molar-refractivity contribution in [2.24, 2.45) is 0 Å². The van der Waals surface area contributed by atoms with Crippen LogP contribution in [0.2, 0.25) is 0 Å². The van der Waals surface area contributed by atoms with Crippen LogP contribution >= 0.6 is 0 Å². The zero-order chi connectivity index (χ0) is 22.8. The first-order valence-electron chi connectivity index (χ1n) is 12.0. The zero-order valence-electron chi connectivity index (χ0n) is 19.4. The van der Waals surface area contributed by atoms with Crippen LogP contribution in [-0.2, 0) is 0 Å². The Hall–Kier alpha value is -2.94. The molecule has 1 aliphatic heterocycles. The second-order valence-electron chi connectivity index (χ2n) is 9.12. The summed E-state index contributed by atoms with van der Waals surface area (Å²) in [6.45, 7) is 1.84. The van der Waals surface area contributed by atoms with Crippen molar-refractivity contribution >= 4 is 10.9 Å². The quantitative estimate of drug-likeness (QED) is 0.610. The Morgan fingerprint density at radius 1 is 0.970 bits per heavy atom. The number of methoxy groups -OCH3 is 2. The number of H-pyrrole nitrogens is 1. The van der Waals surface area contributed by atoms with Crippen molar-refractivity contribution in [2.75, 3.05) is 27.3 Å². The topological polar surface area (TPSA) is 98.2 Å². The van der Waals surface area contributed by atoms with Crippen LogP contribution < -0.4 is 15.0 Å². The van der Waals surface area contributed by atoms with E-state index in [4.69, 9.17) is 9.47 Å². The van der Waals surface area contributed by atoms with Gasteiger partial charge in [-0.15, -0.1) is 5.10 Å². The lowest BCUT2D eigenvalue weighted by Gasteiger charge is -2.34. The van der Waals surface area contributed by atoms with E-state index in [9.17, 15) is 4.79 Å². The zero-order valence-corrected chi connectivity index (χ0v) is 19.4. The summed E-state index contributed by atoms with van der Waals surface area (Å²) in [6, 6.07) is 5.69. The largest absolute Gasteiger partial charge is 0.493 e. The van der Waals surface area contributed by atoms with E-state index in [0.717, 1.165) is 50.0 Å². The Labute approximate surface area is 193 Å². The molecule has 1 aliphatic carbocycles. The van der Waals surface area contributed by atoms with Crippen molar-refractivity contribution in [3.8, 4) is 11.5 Å². The van der Waals surface area contributed by atoms with E-state index in [1.807, 2.05) is 16.8 Å². The Balaban J connectivity index is 1.64. The molecule has 33 heavy (non-hydrogen) atoms. The van der Waals surface area contributed by atoms with Crippen LogP contribution in [0.15, 0.2) is 23.0 Å². The normalized spacial score (nSPS) is 19.0. The summed E-state index contributed by atoms with van der Waals surface area (Å²) in [5.74, 6) is 1.99. The van der Waals surface area contributed by atoms with Crippen LogP contribution in [0, 0.1) is 0 Å². The molecule has 0 bridgehead atoms. The standard InChI is InChI=1S/C24H32N6O3/c1-32-20-14-16-13-18(24(31)25-19(16)15-21(20)33-2)22(29-11-7-4-8-12-29)23-26-27-28-30(23)17-9-5-3-6-10-17/h13-15,17,22H,3-12H2,1-2H3,(H,25,31)/t22-/m1/s1. The van der Waals surface area contributed by atoms with Crippen LogP contribution in [0.25, 0.3) is 10.9 Å². The molecule has 9 heteroatoms. The maximum atomic E-state index is 13.4. The summed E-state index contributed by atoms with van der Waals surface area (Å²) in [5, 5.41) is 13.8. The summed E-state index contributed by atoms with van der Waals surface area (Å²) in [5.41, 5.74) is 1.26. The number of nitrogens with zero attached hydrogens (tertiary/aromatic N) is 5. The Kier molecular flexibility index (Phi) is 6.30. The fraction of sp³-hybridized carbons (Fsp3) is 0.583. The number of aromatic nitrogens is 5. The summed E-state index contributed by atoms with van der Waals surface area (Å²) < 4.78 is 12.9. The lowest BCUT2D eigenvalue weighted by Crippen LogP contribution is -2.39. The molecule has 0 spiro atoms. The third kappa shape index (κ3) is 4.21. The smallest absolute Gasteiger partial charge is 0.253 e. The van der Waals surface area contributed by atoms with Gasteiger partial charge in [-0.3, -0.25) is 9.69 Å². The molecule has 1 atom stereocenters. The average molecular weight is 453 g/mol. The minimum atomic E-state index is -0.288. The van der Waals surface area contributed by atoms with Crippen LogP contribution in [0.3, 0.4) is 0 Å². The van der Waals surface area contributed by atoms with Gasteiger partial charge in [0.15, 0.2) is 17.3 Å². The van der Waals surface area contributed by atoms with Crippen molar-refractivity contribution in [3.63, 3.8) is 0 Å². The molecule has 1 saturated carbocycles. The number of tetrazole rings is 1. The Bertz CT molecular complexity index is 1160. The molecule has 0 unspecified atom stereocenters. The number of pyridine rings is 1. The highest BCUT2D eigenvalue weighted by molar-refractivity contribution is 5.83. The number of rotatable bonds is 6. The van der Waals surface area contributed by atoms with E-state index >= 15 is 0 Å². The van der Waals surface area contributed by atoms with Gasteiger partial charge in [-0.2, -0.15) is 0 Å². The second-order valence-corrected chi connectivity index (χ2v) is 9.12. The second kappa shape index (κ2) is 9.51. The van der Waals surface area contributed by atoms with E-state index in [1.54, 1.807) is 20.3 Å². The van der Waals surface area contributed by atoms with Gasteiger partial charge >= 0.3 is 0 Å². The molecular weight excluding hydrogens is 420 g/mol. The first-order valence-corrected chi connectivity index (χ1v) is 12.0. The Morgan fingerprint density at radius 3 is 2.39 bits per heavy atom. The molecule has 2 aromatic heterocycles. The minimum absolute atomic E-state index is 0.122. The molecule has 5 rings (SSSR count). The SMILES string of the molecule is COc1cc2cc([C@H](c3nnnn3C3CCCCC3)N3CCCCC3)c(=O)[nH]c2cc1OC. The van der Waals surface area contributed by atoms with Gasteiger partial charge in [-0.25, -0.2) is 4.68 Å². The molecule has 2 fully saturated rings. The van der Waals surface area contributed by atoms with Crippen molar-refractivity contribution in [2.45, 2.75) is 63.5 Å². The number of ether oxygens (including phenoxy) is 2. The third-order valence-corrected chi connectivity index (χ3v) is 7.11. The van der Waals surface area contributed by atoms with E-state index in [0.29, 0.717) is 28.6 Å². The first kappa shape index (κ1) is 21.9. The summed E-state index contributed by atoms with van der Waals surface area (Å²) in [4.78, 5) is 18.9. The number of benzene rings is 1. The monoisotopic (exact) mass is 452 g/mol. The van der Waals surface area contributed by atoms with Gasteiger partial charge in [0.05, 0.1) is 25.8 Å². The van der Waals surface area contributed by atoms with Gasteiger partial charge in [0.2, 0.25) is 0 Å². The number of nitrogens with one attached hydrogen (secondary N) is 1. The van der Waals surface area contributed by atoms with E-state index < -0.39 is 0 Å². The van der Waals surface area contributed by atoms with E-state index in [2.05, 4.69) is 25.4 Å². The van der Waals surface area contributed by atoms with Gasteiger partial charge in [0, 0.05) is 17.0 Å². The van der Waals surface area contributed by atoms with Crippen molar-refractivity contribution in [1.29, 1.82) is 0 Å². The van der Waals surface area contributed by atoms with E-state index in [1.165, 1.54) is 25.7 Å². The number of hydrogen-bond donors (Lipinski definition) is 1. The average Bonchev–Trinajstić information content (AvgIpc) is 3.34. The van der Waals surface area contributed by atoms with Gasteiger partial charge in [0.25, 0.3) is 5.56 Å². The number of likely N-dealkylation sites (tertiary alicyclic amines) is 1. The molecule has 1 saturated heterocycles. The molecule has 176 valence electrons. The van der Waals surface area contributed by atoms with Crippen LogP contribution in [0.5, 0.6) is 11.5 Å². The maximum Gasteiger partial charge on any atom is 0.253 e. The predicted octanol–water partition coefficient (Wildman–Crippen LogP) is 3.61. The summed E-state index contributed by atoms with van der Waals surface area (Å²) in [6.07, 6.45) is 9.23. The molecule has 9 nitrogen and oxygen atoms in total. The number of aromatic amines is 1. The van der Waals surface area contributed by atoms with Crippen LogP contribution in [0.4, 0.5) is 0 Å². The molecule has 1 aromatic carbocycles. The number of piperidine rings is 1. The summed E-state index contributed by atoms with van der Waals surface area (Å²) in [7, 11) is 3.21. The molecule has 0 amide bonds. The molecule has 0 radical (unpaired) electrons. The van der Waals surface area contributed by atoms with Crippen molar-refractivity contribution in [3.05, 3.63) is 39.9 Å². The van der Waals surface area contributed by atoms with Crippen molar-refractivity contribution < 1.29 is 9.47 Å². The lowest BCUT2D eigenvalue weighted by molar-refractivity contribution is 0.171. The van der Waals surface area contributed by atoms with Crippen LogP contribution in [-0.4, -0.2) is 57.4 Å². The fourth-order valence-electron chi connectivity index (χ4n) is 5.39.